The molecule has 7 rings (SSSR count). The van der Waals surface area contributed by atoms with E-state index >= 15 is 0 Å². The zero-order valence-electron chi connectivity index (χ0n) is 36.8. The highest BCUT2D eigenvalue weighted by Crippen LogP contribution is 2.77. The molecule has 1 aromatic rings. The number of nitrogens with zero attached hydrogens (tertiary/aromatic N) is 2. The van der Waals surface area contributed by atoms with Crippen LogP contribution in [-0.4, -0.2) is 80.9 Å². The van der Waals surface area contributed by atoms with Gasteiger partial charge in [-0.2, -0.15) is 0 Å². The van der Waals surface area contributed by atoms with Crippen LogP contribution in [0.25, 0.3) is 0 Å². The lowest BCUT2D eigenvalue weighted by molar-refractivity contribution is -0.233. The monoisotopic (exact) mass is 802 g/mol. The lowest BCUT2D eigenvalue weighted by atomic mass is 9.32. The van der Waals surface area contributed by atoms with E-state index in [0.717, 1.165) is 38.5 Å². The van der Waals surface area contributed by atoms with Crippen LogP contribution in [0.2, 0.25) is 0 Å². The third-order valence-electron chi connectivity index (χ3n) is 17.8. The molecule has 0 aromatic heterocycles. The zero-order valence-corrected chi connectivity index (χ0v) is 36.8. The molecule has 58 heavy (non-hydrogen) atoms. The summed E-state index contributed by atoms with van der Waals surface area (Å²) in [6, 6.07) is 6.79. The van der Waals surface area contributed by atoms with Crippen LogP contribution in [0.5, 0.6) is 0 Å². The van der Waals surface area contributed by atoms with E-state index < -0.39 is 35.2 Å². The zero-order chi connectivity index (χ0) is 42.4. The van der Waals surface area contributed by atoms with Gasteiger partial charge in [0.05, 0.1) is 18.0 Å². The molecule has 1 aromatic carbocycles. The first-order valence-electron chi connectivity index (χ1n) is 22.2. The van der Waals surface area contributed by atoms with Crippen LogP contribution in [-0.2, 0) is 9.53 Å². The minimum absolute atomic E-state index is 0.0657. The van der Waals surface area contributed by atoms with Crippen molar-refractivity contribution in [2.75, 3.05) is 19.6 Å². The van der Waals surface area contributed by atoms with E-state index in [1.807, 2.05) is 20.8 Å². The maximum Gasteiger partial charge on any atom is 0.410 e. The van der Waals surface area contributed by atoms with Crippen molar-refractivity contribution in [1.82, 2.24) is 15.1 Å². The summed E-state index contributed by atoms with van der Waals surface area (Å²) < 4.78 is 5.62. The smallest absolute Gasteiger partial charge is 0.410 e. The molecule has 0 radical (unpaired) electrons. The lowest BCUT2D eigenvalue weighted by Gasteiger charge is -2.73. The number of allylic oxidation sites excluding steroid dienone is 1. The van der Waals surface area contributed by atoms with Gasteiger partial charge in [-0.05, 0) is 167 Å². The summed E-state index contributed by atoms with van der Waals surface area (Å²) in [4.78, 5) is 54.6. The minimum Gasteiger partial charge on any atom is -0.481 e. The van der Waals surface area contributed by atoms with E-state index in [4.69, 9.17) is 4.74 Å². The second kappa shape index (κ2) is 14.6. The number of carboxylic acids is 2. The number of hydrogen-bond donors (Lipinski definition) is 3. The number of piperazine rings is 1. The number of fused-ring (bicyclic) bond motifs is 7. The minimum atomic E-state index is -0.999. The summed E-state index contributed by atoms with van der Waals surface area (Å²) >= 11 is 0. The summed E-state index contributed by atoms with van der Waals surface area (Å²) in [5.74, 6) is 0.613. The van der Waals surface area contributed by atoms with Crippen molar-refractivity contribution < 1.29 is 34.1 Å². The molecule has 6 aliphatic rings. The third kappa shape index (κ3) is 6.84. The van der Waals surface area contributed by atoms with Gasteiger partial charge in [0.25, 0.3) is 0 Å². The van der Waals surface area contributed by atoms with Crippen molar-refractivity contribution in [2.45, 2.75) is 156 Å². The molecule has 0 spiro atoms. The van der Waals surface area contributed by atoms with Crippen LogP contribution in [0.1, 0.15) is 155 Å². The van der Waals surface area contributed by atoms with E-state index in [1.54, 1.807) is 21.9 Å². The Morgan fingerprint density at radius 3 is 2.16 bits per heavy atom. The van der Waals surface area contributed by atoms with Gasteiger partial charge in [-0.15, -0.1) is 0 Å². The lowest BCUT2D eigenvalue weighted by Crippen LogP contribution is -2.70. The van der Waals surface area contributed by atoms with Gasteiger partial charge in [-0.1, -0.05) is 58.9 Å². The number of carbonyl (C=O) groups excluding carboxylic acids is 2. The van der Waals surface area contributed by atoms with Gasteiger partial charge < -0.3 is 30.1 Å². The molecule has 5 aliphatic carbocycles. The highest BCUT2D eigenvalue weighted by Gasteiger charge is 2.71. The normalized spacial score (nSPS) is 39.3. The topological polar surface area (TPSA) is 136 Å². The van der Waals surface area contributed by atoms with Crippen LogP contribution in [0.3, 0.4) is 0 Å². The summed E-state index contributed by atoms with van der Waals surface area (Å²) in [5.41, 5.74) is 2.19. The Hall–Kier alpha value is -3.56. The second-order valence-electron chi connectivity index (χ2n) is 22.0. The van der Waals surface area contributed by atoms with Gasteiger partial charge in [-0.25, -0.2) is 14.4 Å². The molecule has 1 aliphatic heterocycles. The average Bonchev–Trinajstić information content (AvgIpc) is 3.50. The van der Waals surface area contributed by atoms with E-state index in [9.17, 15) is 29.4 Å². The van der Waals surface area contributed by atoms with Crippen LogP contribution in [0.15, 0.2) is 36.4 Å². The standard InChI is InChI=1S/C48H71N3O7/c1-29(2)33-17-22-48(49-41(56)51-26-25-50(28-32(51)27-38(52)53)42(57)58-43(3,4)5)24-23-46(9)35(39(33)48)15-16-37-45(8)20-18-34(30-11-13-31(14-12-30)40(54)55)44(6,7)36(45)19-21-47(37,46)10/h11-14,32-37,39H,1,15-28H2,2-10H3,(H,49,56)(H,52,53)(H,54,55)/t32?,33-,34?,35+,36-,37+,39+,45-,46+,47+,48-/m0/s1. The highest BCUT2D eigenvalue weighted by molar-refractivity contribution is 5.87. The number of amides is 3. The number of ether oxygens (including phenoxy) is 1. The van der Waals surface area contributed by atoms with Crippen LogP contribution >= 0.6 is 0 Å². The Balaban J connectivity index is 1.14. The number of nitrogens with one attached hydrogen (secondary N) is 1. The number of urea groups is 1. The Bertz CT molecular complexity index is 1820. The Morgan fingerprint density at radius 2 is 1.53 bits per heavy atom. The van der Waals surface area contributed by atoms with Gasteiger partial charge in [-0.3, -0.25) is 4.79 Å². The van der Waals surface area contributed by atoms with Crippen molar-refractivity contribution in [1.29, 1.82) is 0 Å². The molecule has 3 amide bonds. The van der Waals surface area contributed by atoms with Gasteiger partial charge in [0.1, 0.15) is 5.60 Å². The Morgan fingerprint density at radius 1 is 0.845 bits per heavy atom. The molecule has 320 valence electrons. The number of rotatable bonds is 6. The fraction of sp³-hybridized carbons (Fsp3) is 0.750. The summed E-state index contributed by atoms with van der Waals surface area (Å²) in [6.07, 6.45) is 10.0. The quantitative estimate of drug-likeness (QED) is 0.244. The Kier molecular flexibility index (Phi) is 10.7. The SMILES string of the molecule is C=C(C)[C@@H]1CC[C@]2(NC(=O)N3CCN(C(=O)OC(C)(C)C)CC3CC(=O)O)CC[C@]3(C)[C@H](CC[C@@H]4[C@@]5(C)CCC(c6ccc(C(=O)O)cc6)C(C)(C)[C@@H]5CC[C@]43C)[C@@H]12. The number of aliphatic carboxylic acids is 1. The molecule has 6 fully saturated rings. The molecule has 3 N–H and O–H groups in total. The largest absolute Gasteiger partial charge is 0.481 e. The summed E-state index contributed by atoms with van der Waals surface area (Å²) in [7, 11) is 0. The first kappa shape index (κ1) is 42.6. The fourth-order valence-electron chi connectivity index (χ4n) is 15.1. The molecule has 11 atom stereocenters. The molecule has 10 heteroatoms. The number of benzene rings is 1. The fourth-order valence-corrected chi connectivity index (χ4v) is 15.1. The van der Waals surface area contributed by atoms with Crippen LogP contribution < -0.4 is 5.32 Å². The highest BCUT2D eigenvalue weighted by atomic mass is 16.6. The summed E-state index contributed by atoms with van der Waals surface area (Å²) in [5, 5.41) is 23.1. The molecular formula is C48H71N3O7. The van der Waals surface area contributed by atoms with E-state index in [-0.39, 0.29) is 59.7 Å². The first-order chi connectivity index (χ1) is 27.0. The van der Waals surface area contributed by atoms with E-state index in [0.29, 0.717) is 35.2 Å². The van der Waals surface area contributed by atoms with Gasteiger partial charge in [0.2, 0.25) is 0 Å². The van der Waals surface area contributed by atoms with Gasteiger partial charge in [0.15, 0.2) is 0 Å². The molecular weight excluding hydrogens is 731 g/mol. The number of carboxylic acid groups (broad SMARTS) is 2. The molecule has 2 unspecified atom stereocenters. The van der Waals surface area contributed by atoms with Crippen LogP contribution in [0, 0.1) is 51.2 Å². The maximum atomic E-state index is 14.6. The van der Waals surface area contributed by atoms with Crippen LogP contribution in [0.4, 0.5) is 9.59 Å². The molecule has 10 nitrogen and oxygen atoms in total. The number of hydrogen-bond acceptors (Lipinski definition) is 5. The van der Waals surface area contributed by atoms with Crippen molar-refractivity contribution in [3.63, 3.8) is 0 Å². The van der Waals surface area contributed by atoms with Crippen molar-refractivity contribution in [3.8, 4) is 0 Å². The van der Waals surface area contributed by atoms with Gasteiger partial charge >= 0.3 is 24.1 Å². The molecule has 1 saturated heterocycles. The molecule has 5 saturated carbocycles. The maximum absolute atomic E-state index is 14.6. The Labute approximate surface area is 346 Å². The first-order valence-corrected chi connectivity index (χ1v) is 22.2. The number of carbonyl (C=O) groups is 4. The van der Waals surface area contributed by atoms with Crippen molar-refractivity contribution >= 4 is 24.1 Å². The van der Waals surface area contributed by atoms with Crippen molar-refractivity contribution in [3.05, 3.63) is 47.5 Å². The average molecular weight is 802 g/mol. The predicted octanol–water partition coefficient (Wildman–Crippen LogP) is 9.98. The second-order valence-corrected chi connectivity index (χ2v) is 22.0. The number of aromatic carboxylic acids is 1. The molecule has 0 bridgehead atoms. The predicted molar refractivity (Wildman–Crippen MR) is 224 cm³/mol. The van der Waals surface area contributed by atoms with E-state index in [2.05, 4.69) is 65.6 Å². The van der Waals surface area contributed by atoms with E-state index in [1.165, 1.54) is 36.8 Å². The van der Waals surface area contributed by atoms with Gasteiger partial charge in [0, 0.05) is 25.2 Å². The summed E-state index contributed by atoms with van der Waals surface area (Å²) in [6.45, 7) is 25.6. The molecule has 1 heterocycles. The van der Waals surface area contributed by atoms with Crippen molar-refractivity contribution in [2.24, 2.45) is 51.2 Å². The third-order valence-corrected chi connectivity index (χ3v) is 17.8.